The summed E-state index contributed by atoms with van der Waals surface area (Å²) < 4.78 is 37.7. The van der Waals surface area contributed by atoms with Crippen LogP contribution >= 0.6 is 0 Å². The van der Waals surface area contributed by atoms with E-state index in [1.807, 2.05) is 31.2 Å². The number of rotatable bonds is 4. The van der Waals surface area contributed by atoms with Gasteiger partial charge in [0.25, 0.3) is 0 Å². The number of nitrogens with zero attached hydrogens (tertiary/aromatic N) is 1. The number of anilines is 1. The third-order valence-corrected chi connectivity index (χ3v) is 3.00. The van der Waals surface area contributed by atoms with E-state index >= 15 is 0 Å². The molecule has 5 heteroatoms. The molecule has 0 bridgehead atoms. The zero-order valence-electron chi connectivity index (χ0n) is 11.0. The number of hydrogen-bond acceptors (Lipinski definition) is 2. The van der Waals surface area contributed by atoms with Crippen LogP contribution in [0.4, 0.5) is 19.0 Å². The molecule has 0 saturated heterocycles. The average molecular weight is 280 g/mol. The average Bonchev–Trinajstić information content (AvgIpc) is 2.45. The minimum atomic E-state index is -4.42. The van der Waals surface area contributed by atoms with Gasteiger partial charge in [-0.1, -0.05) is 37.3 Å². The van der Waals surface area contributed by atoms with Crippen LogP contribution in [0.15, 0.2) is 42.5 Å². The molecule has 0 aliphatic carbocycles. The molecule has 2 rings (SSSR count). The first-order chi connectivity index (χ1) is 9.50. The highest BCUT2D eigenvalue weighted by Crippen LogP contribution is 2.28. The van der Waals surface area contributed by atoms with E-state index in [0.717, 1.165) is 18.1 Å². The Morgan fingerprint density at radius 2 is 1.70 bits per heavy atom. The molecular weight excluding hydrogens is 265 g/mol. The highest BCUT2D eigenvalue weighted by atomic mass is 19.4. The Kier molecular flexibility index (Phi) is 4.27. The van der Waals surface area contributed by atoms with Gasteiger partial charge in [-0.3, -0.25) is 0 Å². The maximum absolute atomic E-state index is 12.6. The van der Waals surface area contributed by atoms with Gasteiger partial charge >= 0.3 is 6.18 Å². The van der Waals surface area contributed by atoms with Gasteiger partial charge in [0.15, 0.2) is 0 Å². The Morgan fingerprint density at radius 3 is 2.35 bits per heavy atom. The quantitative estimate of drug-likeness (QED) is 0.904. The van der Waals surface area contributed by atoms with Crippen LogP contribution in [0, 0.1) is 0 Å². The van der Waals surface area contributed by atoms with Crippen LogP contribution < -0.4 is 5.32 Å². The zero-order chi connectivity index (χ0) is 14.6. The second-order valence-electron chi connectivity index (χ2n) is 4.38. The van der Waals surface area contributed by atoms with Crippen LogP contribution in [0.25, 0.3) is 0 Å². The van der Waals surface area contributed by atoms with E-state index < -0.39 is 11.9 Å². The summed E-state index contributed by atoms with van der Waals surface area (Å²) in [5.41, 5.74) is 1.35. The van der Waals surface area contributed by atoms with Crippen molar-refractivity contribution in [2.24, 2.45) is 0 Å². The predicted octanol–water partition coefficient (Wildman–Crippen LogP) is 4.27. The van der Waals surface area contributed by atoms with Crippen molar-refractivity contribution in [1.29, 1.82) is 0 Å². The van der Waals surface area contributed by atoms with Crippen LogP contribution in [0.1, 0.15) is 23.7 Å². The maximum Gasteiger partial charge on any atom is 0.433 e. The molecule has 1 N–H and O–H groups in total. The van der Waals surface area contributed by atoms with Gasteiger partial charge in [-0.15, -0.1) is 0 Å². The summed E-state index contributed by atoms with van der Waals surface area (Å²) in [6.45, 7) is 2.50. The van der Waals surface area contributed by atoms with Crippen LogP contribution in [-0.2, 0) is 19.1 Å². The maximum atomic E-state index is 12.6. The molecule has 0 atom stereocenters. The monoisotopic (exact) mass is 280 g/mol. The van der Waals surface area contributed by atoms with Crippen molar-refractivity contribution >= 4 is 5.82 Å². The van der Waals surface area contributed by atoms with Crippen molar-refractivity contribution in [3.05, 3.63) is 59.3 Å². The molecule has 0 saturated carbocycles. The summed E-state index contributed by atoms with van der Waals surface area (Å²) in [4.78, 5) is 3.58. The summed E-state index contributed by atoms with van der Waals surface area (Å²) in [6, 6.07) is 11.7. The Labute approximate surface area is 115 Å². The fourth-order valence-corrected chi connectivity index (χ4v) is 1.95. The predicted molar refractivity (Wildman–Crippen MR) is 72.4 cm³/mol. The molecule has 0 spiro atoms. The third-order valence-electron chi connectivity index (χ3n) is 3.00. The minimum Gasteiger partial charge on any atom is -0.366 e. The van der Waals surface area contributed by atoms with E-state index in [9.17, 15) is 13.2 Å². The standard InChI is InChI=1S/C15H15F3N2/c1-2-11-6-3-4-7-12(11)10-19-14-9-5-8-13(20-14)15(16,17)18/h3-9H,2,10H2,1H3,(H,19,20). The molecule has 0 radical (unpaired) electrons. The molecule has 2 nitrogen and oxygen atoms in total. The molecule has 2 aromatic rings. The normalized spacial score (nSPS) is 11.4. The van der Waals surface area contributed by atoms with Crippen molar-refractivity contribution in [1.82, 2.24) is 4.98 Å². The fourth-order valence-electron chi connectivity index (χ4n) is 1.95. The number of nitrogens with one attached hydrogen (secondary N) is 1. The van der Waals surface area contributed by atoms with Crippen molar-refractivity contribution in [2.45, 2.75) is 26.1 Å². The van der Waals surface area contributed by atoms with Crippen LogP contribution in [0.5, 0.6) is 0 Å². The van der Waals surface area contributed by atoms with Gasteiger partial charge < -0.3 is 5.32 Å². The van der Waals surface area contributed by atoms with E-state index in [1.165, 1.54) is 17.7 Å². The Balaban J connectivity index is 2.11. The van der Waals surface area contributed by atoms with Gasteiger partial charge in [0.05, 0.1) is 0 Å². The number of alkyl halides is 3. The van der Waals surface area contributed by atoms with E-state index in [0.29, 0.717) is 6.54 Å². The summed E-state index contributed by atoms with van der Waals surface area (Å²) in [5.74, 6) is 0.228. The van der Waals surface area contributed by atoms with Gasteiger partial charge in [-0.2, -0.15) is 13.2 Å². The molecule has 106 valence electrons. The molecular formula is C15H15F3N2. The topological polar surface area (TPSA) is 24.9 Å². The molecule has 20 heavy (non-hydrogen) atoms. The van der Waals surface area contributed by atoms with Gasteiger partial charge in [-0.05, 0) is 29.7 Å². The molecule has 1 heterocycles. The highest BCUT2D eigenvalue weighted by Gasteiger charge is 2.32. The largest absolute Gasteiger partial charge is 0.433 e. The SMILES string of the molecule is CCc1ccccc1CNc1cccc(C(F)(F)F)n1. The van der Waals surface area contributed by atoms with Gasteiger partial charge in [-0.25, -0.2) is 4.98 Å². The Morgan fingerprint density at radius 1 is 1.00 bits per heavy atom. The summed E-state index contributed by atoms with van der Waals surface area (Å²) in [5, 5.41) is 2.94. The fraction of sp³-hybridized carbons (Fsp3) is 0.267. The lowest BCUT2D eigenvalue weighted by atomic mass is 10.1. The van der Waals surface area contributed by atoms with Crippen molar-refractivity contribution in [3.63, 3.8) is 0 Å². The number of benzene rings is 1. The van der Waals surface area contributed by atoms with Gasteiger partial charge in [0.2, 0.25) is 0 Å². The number of halogens is 3. The van der Waals surface area contributed by atoms with E-state index in [1.54, 1.807) is 0 Å². The van der Waals surface area contributed by atoms with Crippen molar-refractivity contribution < 1.29 is 13.2 Å². The van der Waals surface area contributed by atoms with Crippen LogP contribution in [-0.4, -0.2) is 4.98 Å². The number of pyridine rings is 1. The van der Waals surface area contributed by atoms with E-state index in [-0.39, 0.29) is 5.82 Å². The minimum absolute atomic E-state index is 0.228. The summed E-state index contributed by atoms with van der Waals surface area (Å²) in [6.07, 6.45) is -3.53. The lowest BCUT2D eigenvalue weighted by Crippen LogP contribution is -2.10. The highest BCUT2D eigenvalue weighted by molar-refractivity contribution is 5.38. The summed E-state index contributed by atoms with van der Waals surface area (Å²) >= 11 is 0. The van der Waals surface area contributed by atoms with E-state index in [4.69, 9.17) is 0 Å². The lowest BCUT2D eigenvalue weighted by Gasteiger charge is -2.11. The molecule has 0 aliphatic heterocycles. The molecule has 0 fully saturated rings. The molecule has 1 aromatic heterocycles. The number of hydrogen-bond donors (Lipinski definition) is 1. The summed E-state index contributed by atoms with van der Waals surface area (Å²) in [7, 11) is 0. The van der Waals surface area contributed by atoms with Crippen molar-refractivity contribution in [3.8, 4) is 0 Å². The first-order valence-electron chi connectivity index (χ1n) is 6.35. The second kappa shape index (κ2) is 5.94. The molecule has 0 aliphatic rings. The number of aromatic nitrogens is 1. The van der Waals surface area contributed by atoms with Crippen LogP contribution in [0.3, 0.4) is 0 Å². The van der Waals surface area contributed by atoms with Gasteiger partial charge in [0, 0.05) is 6.54 Å². The Bertz CT molecular complexity index is 579. The molecule has 0 amide bonds. The molecule has 0 unspecified atom stereocenters. The second-order valence-corrected chi connectivity index (χ2v) is 4.38. The lowest BCUT2D eigenvalue weighted by molar-refractivity contribution is -0.141. The van der Waals surface area contributed by atoms with E-state index in [2.05, 4.69) is 10.3 Å². The zero-order valence-corrected chi connectivity index (χ0v) is 11.0. The van der Waals surface area contributed by atoms with Crippen LogP contribution in [0.2, 0.25) is 0 Å². The van der Waals surface area contributed by atoms with Gasteiger partial charge in [0.1, 0.15) is 11.5 Å². The smallest absolute Gasteiger partial charge is 0.366 e. The first-order valence-corrected chi connectivity index (χ1v) is 6.35. The Hall–Kier alpha value is -2.04. The third kappa shape index (κ3) is 3.50. The van der Waals surface area contributed by atoms with Crippen molar-refractivity contribution in [2.75, 3.05) is 5.32 Å². The molecule has 1 aromatic carbocycles. The number of aryl methyl sites for hydroxylation is 1. The first kappa shape index (κ1) is 14.4.